The molecule has 2 amide bonds. The van der Waals surface area contributed by atoms with Gasteiger partial charge in [0.05, 0.1) is 27.7 Å². The fraction of sp³-hybridized carbons (Fsp3) is 0.0833. The van der Waals surface area contributed by atoms with Crippen molar-refractivity contribution in [2.75, 3.05) is 12.0 Å². The van der Waals surface area contributed by atoms with E-state index < -0.39 is 11.1 Å². The monoisotopic (exact) mass is 519 g/mol. The smallest absolute Gasteiger partial charge is 0.298 e. The van der Waals surface area contributed by atoms with Gasteiger partial charge in [0.1, 0.15) is 6.61 Å². The number of nitrogens with zero attached hydrogens (tertiary/aromatic N) is 1. The van der Waals surface area contributed by atoms with E-state index in [1.807, 2.05) is 12.1 Å². The van der Waals surface area contributed by atoms with Crippen LogP contribution in [-0.4, -0.2) is 18.3 Å². The number of carbonyl (C=O) groups is 2. The molecule has 0 aromatic heterocycles. The number of thioether (sulfide) groups is 1. The van der Waals surface area contributed by atoms with Gasteiger partial charge in [-0.05, 0) is 71.4 Å². The fourth-order valence-electron chi connectivity index (χ4n) is 3.10. The summed E-state index contributed by atoms with van der Waals surface area (Å²) in [6.45, 7) is 0.310. The molecule has 0 bridgehead atoms. The molecule has 1 aliphatic heterocycles. The number of halogens is 3. The van der Waals surface area contributed by atoms with Crippen LogP contribution in [0.3, 0.4) is 0 Å². The summed E-state index contributed by atoms with van der Waals surface area (Å²) in [5, 5.41) is 0.827. The average molecular weight is 521 g/mol. The minimum atomic E-state index is -0.442. The normalized spacial score (nSPS) is 14.8. The Morgan fingerprint density at radius 2 is 1.67 bits per heavy atom. The van der Waals surface area contributed by atoms with Crippen LogP contribution in [0, 0.1) is 0 Å². The highest BCUT2D eigenvalue weighted by Crippen LogP contribution is 2.38. The van der Waals surface area contributed by atoms with Gasteiger partial charge in [0.15, 0.2) is 11.5 Å². The molecule has 5 nitrogen and oxygen atoms in total. The zero-order chi connectivity index (χ0) is 23.5. The predicted octanol–water partition coefficient (Wildman–Crippen LogP) is 7.48. The topological polar surface area (TPSA) is 55.8 Å². The highest BCUT2D eigenvalue weighted by Gasteiger charge is 2.36. The summed E-state index contributed by atoms with van der Waals surface area (Å²) in [7, 11) is 1.55. The van der Waals surface area contributed by atoms with Gasteiger partial charge in [0, 0.05) is 5.02 Å². The molecular formula is C24H16Cl3NO4S. The molecule has 9 heteroatoms. The van der Waals surface area contributed by atoms with Crippen LogP contribution in [0.1, 0.15) is 11.1 Å². The number of ether oxygens (including phenoxy) is 2. The molecule has 1 saturated heterocycles. The van der Waals surface area contributed by atoms with Crippen molar-refractivity contribution in [1.82, 2.24) is 0 Å². The first kappa shape index (κ1) is 23.5. The van der Waals surface area contributed by atoms with Crippen LogP contribution < -0.4 is 14.4 Å². The summed E-state index contributed by atoms with van der Waals surface area (Å²) in [5.74, 6) is 0.609. The van der Waals surface area contributed by atoms with Gasteiger partial charge in [0.2, 0.25) is 0 Å². The fourth-order valence-corrected chi connectivity index (χ4v) is 4.36. The number of amides is 2. The summed E-state index contributed by atoms with van der Waals surface area (Å²) in [6, 6.07) is 17.2. The van der Waals surface area contributed by atoms with Crippen LogP contribution in [0.2, 0.25) is 15.1 Å². The van der Waals surface area contributed by atoms with Gasteiger partial charge >= 0.3 is 0 Å². The van der Waals surface area contributed by atoms with Gasteiger partial charge in [-0.15, -0.1) is 0 Å². The second-order valence-corrected chi connectivity index (χ2v) is 9.18. The number of rotatable bonds is 6. The van der Waals surface area contributed by atoms with Gasteiger partial charge in [-0.1, -0.05) is 53.0 Å². The number of hydrogen-bond donors (Lipinski definition) is 0. The van der Waals surface area contributed by atoms with E-state index in [0.29, 0.717) is 39.4 Å². The third-order valence-electron chi connectivity index (χ3n) is 4.75. The Morgan fingerprint density at radius 3 is 2.36 bits per heavy atom. The van der Waals surface area contributed by atoms with Crippen LogP contribution in [0.5, 0.6) is 11.5 Å². The molecule has 0 aliphatic carbocycles. The van der Waals surface area contributed by atoms with Crippen LogP contribution >= 0.6 is 46.6 Å². The Hall–Kier alpha value is -2.64. The predicted molar refractivity (Wildman–Crippen MR) is 134 cm³/mol. The molecule has 0 atom stereocenters. The molecule has 3 aromatic carbocycles. The van der Waals surface area contributed by atoms with Crippen molar-refractivity contribution in [3.8, 4) is 11.5 Å². The maximum absolute atomic E-state index is 12.9. The number of imide groups is 1. The highest BCUT2D eigenvalue weighted by molar-refractivity contribution is 8.19. The quantitative estimate of drug-likeness (QED) is 0.315. The summed E-state index contributed by atoms with van der Waals surface area (Å²) >= 11 is 18.8. The van der Waals surface area contributed by atoms with Gasteiger partial charge < -0.3 is 9.47 Å². The maximum Gasteiger partial charge on any atom is 0.298 e. The lowest BCUT2D eigenvalue weighted by Crippen LogP contribution is -2.27. The van der Waals surface area contributed by atoms with Crippen molar-refractivity contribution in [2.24, 2.45) is 0 Å². The minimum Gasteiger partial charge on any atom is -0.493 e. The Labute approximate surface area is 209 Å². The number of benzene rings is 3. The molecule has 1 heterocycles. The third-order valence-corrected chi connectivity index (χ3v) is 6.61. The van der Waals surface area contributed by atoms with Crippen LogP contribution in [0.15, 0.2) is 65.6 Å². The van der Waals surface area contributed by atoms with Crippen molar-refractivity contribution in [1.29, 1.82) is 0 Å². The van der Waals surface area contributed by atoms with Crippen LogP contribution in [0.25, 0.3) is 6.08 Å². The molecular weight excluding hydrogens is 505 g/mol. The van der Waals surface area contributed by atoms with Crippen molar-refractivity contribution in [3.05, 3.63) is 91.8 Å². The lowest BCUT2D eigenvalue weighted by Gasteiger charge is -2.13. The molecule has 0 saturated carbocycles. The van der Waals surface area contributed by atoms with Gasteiger partial charge in [0.25, 0.3) is 11.1 Å². The van der Waals surface area contributed by atoms with E-state index in [-0.39, 0.29) is 9.93 Å². The second kappa shape index (κ2) is 10.1. The first-order valence-electron chi connectivity index (χ1n) is 9.64. The Morgan fingerprint density at radius 1 is 0.909 bits per heavy atom. The molecule has 0 unspecified atom stereocenters. The van der Waals surface area contributed by atoms with E-state index >= 15 is 0 Å². The average Bonchev–Trinajstić information content (AvgIpc) is 3.08. The molecule has 0 radical (unpaired) electrons. The van der Waals surface area contributed by atoms with Crippen molar-refractivity contribution in [3.63, 3.8) is 0 Å². The summed E-state index contributed by atoms with van der Waals surface area (Å²) in [4.78, 5) is 26.8. The Bertz CT molecular complexity index is 1260. The van der Waals surface area contributed by atoms with E-state index in [1.165, 1.54) is 6.07 Å². The van der Waals surface area contributed by atoms with Gasteiger partial charge in [-0.25, -0.2) is 4.90 Å². The number of carbonyl (C=O) groups excluding carboxylic acids is 2. The van der Waals surface area contributed by atoms with E-state index in [2.05, 4.69) is 0 Å². The van der Waals surface area contributed by atoms with E-state index in [1.54, 1.807) is 55.7 Å². The molecule has 1 aliphatic rings. The molecule has 1 fully saturated rings. The SMILES string of the molecule is COc1ccc(/C=C2/SC(=O)N(c3ccc(Cl)c(Cl)c3)C2=O)cc1OCc1ccc(Cl)cc1. The summed E-state index contributed by atoms with van der Waals surface area (Å²) in [5.41, 5.74) is 1.98. The van der Waals surface area contributed by atoms with Crippen molar-refractivity contribution in [2.45, 2.75) is 6.61 Å². The maximum atomic E-state index is 12.9. The number of hydrogen-bond acceptors (Lipinski definition) is 5. The third kappa shape index (κ3) is 5.31. The number of anilines is 1. The lowest BCUT2D eigenvalue weighted by molar-refractivity contribution is -0.113. The van der Waals surface area contributed by atoms with Crippen LogP contribution in [0.4, 0.5) is 10.5 Å². The van der Waals surface area contributed by atoms with E-state index in [4.69, 9.17) is 44.3 Å². The molecule has 3 aromatic rings. The van der Waals surface area contributed by atoms with Gasteiger partial charge in [-0.3, -0.25) is 9.59 Å². The molecule has 0 N–H and O–H groups in total. The standard InChI is InChI=1S/C24H16Cl3NO4S/c1-31-20-9-4-15(10-21(20)32-13-14-2-5-16(25)6-3-14)11-22-23(29)28(24(30)33-22)17-7-8-18(26)19(27)12-17/h2-12H,13H2,1H3/b22-11+. The molecule has 0 spiro atoms. The minimum absolute atomic E-state index is 0.259. The Kier molecular flexibility index (Phi) is 7.20. The van der Waals surface area contributed by atoms with Crippen molar-refractivity contribution < 1.29 is 19.1 Å². The zero-order valence-corrected chi connectivity index (χ0v) is 20.3. The van der Waals surface area contributed by atoms with E-state index in [0.717, 1.165) is 22.2 Å². The highest BCUT2D eigenvalue weighted by atomic mass is 35.5. The summed E-state index contributed by atoms with van der Waals surface area (Å²) < 4.78 is 11.3. The molecule has 4 rings (SSSR count). The first-order valence-corrected chi connectivity index (χ1v) is 11.6. The first-order chi connectivity index (χ1) is 15.9. The molecule has 168 valence electrons. The number of methoxy groups -OCH3 is 1. The summed E-state index contributed by atoms with van der Waals surface area (Å²) in [6.07, 6.45) is 1.64. The molecule has 33 heavy (non-hydrogen) atoms. The zero-order valence-electron chi connectivity index (χ0n) is 17.2. The second-order valence-electron chi connectivity index (χ2n) is 6.94. The lowest BCUT2D eigenvalue weighted by atomic mass is 10.1. The Balaban J connectivity index is 1.57. The van der Waals surface area contributed by atoms with Gasteiger partial charge in [-0.2, -0.15) is 0 Å². The largest absolute Gasteiger partial charge is 0.493 e. The van der Waals surface area contributed by atoms with Crippen LogP contribution in [-0.2, 0) is 11.4 Å². The van der Waals surface area contributed by atoms with Crippen molar-refractivity contribution >= 4 is 69.5 Å². The van der Waals surface area contributed by atoms with E-state index in [9.17, 15) is 9.59 Å².